The van der Waals surface area contributed by atoms with Crippen LogP contribution in [0, 0.1) is 0 Å². The second-order valence-corrected chi connectivity index (χ2v) is 6.43. The summed E-state index contributed by atoms with van der Waals surface area (Å²) in [4.78, 5) is 24.0. The number of benzene rings is 1. The number of hydrogen-bond donors (Lipinski definition) is 2. The van der Waals surface area contributed by atoms with Crippen molar-refractivity contribution in [1.82, 2.24) is 9.78 Å². The second kappa shape index (κ2) is 5.28. The van der Waals surface area contributed by atoms with E-state index >= 15 is 0 Å². The third kappa shape index (κ3) is 2.23. The number of nitrogens with zero attached hydrogens (tertiary/aromatic N) is 2. The molecule has 0 saturated heterocycles. The highest BCUT2D eigenvalue weighted by Crippen LogP contribution is 2.36. The van der Waals surface area contributed by atoms with Crippen molar-refractivity contribution in [2.75, 3.05) is 5.73 Å². The summed E-state index contributed by atoms with van der Waals surface area (Å²) in [6, 6.07) is 6.25. The predicted octanol–water partition coefficient (Wildman–Crippen LogP) is 3.03. The van der Waals surface area contributed by atoms with Crippen molar-refractivity contribution in [3.8, 4) is 5.69 Å². The molecule has 3 N–H and O–H groups in total. The minimum atomic E-state index is -1.30. The van der Waals surface area contributed by atoms with E-state index in [0.717, 1.165) is 16.0 Å². The van der Waals surface area contributed by atoms with Crippen molar-refractivity contribution in [2.24, 2.45) is 0 Å². The quantitative estimate of drug-likeness (QED) is 0.735. The standard InChI is InChI=1S/C13H7Cl2N3O3S/c14-5-1-3-6(4-2-5)18-12(19)8-7(9(17-18)13(20)21)10(15)22-11(8)16/h1-4H,16H2,(H,20,21). The molecule has 0 aliphatic rings. The molecule has 0 spiro atoms. The van der Waals surface area contributed by atoms with Gasteiger partial charge >= 0.3 is 5.97 Å². The lowest BCUT2D eigenvalue weighted by Gasteiger charge is -2.07. The number of hydrogen-bond acceptors (Lipinski definition) is 5. The molecule has 3 aromatic rings. The number of carboxylic acids is 1. The summed E-state index contributed by atoms with van der Waals surface area (Å²) in [5.74, 6) is -1.30. The zero-order chi connectivity index (χ0) is 16.0. The zero-order valence-electron chi connectivity index (χ0n) is 10.7. The summed E-state index contributed by atoms with van der Waals surface area (Å²) >= 11 is 12.7. The van der Waals surface area contributed by atoms with Crippen LogP contribution in [0.2, 0.25) is 9.36 Å². The number of anilines is 1. The summed E-state index contributed by atoms with van der Waals surface area (Å²) in [6.07, 6.45) is 0. The maximum atomic E-state index is 12.6. The lowest BCUT2D eigenvalue weighted by atomic mass is 10.2. The second-order valence-electron chi connectivity index (χ2n) is 4.34. The summed E-state index contributed by atoms with van der Waals surface area (Å²) < 4.78 is 1.10. The van der Waals surface area contributed by atoms with Crippen molar-refractivity contribution in [3.63, 3.8) is 0 Å². The van der Waals surface area contributed by atoms with Crippen LogP contribution >= 0.6 is 34.5 Å². The highest BCUT2D eigenvalue weighted by atomic mass is 35.5. The summed E-state index contributed by atoms with van der Waals surface area (Å²) in [7, 11) is 0. The van der Waals surface area contributed by atoms with E-state index in [1.54, 1.807) is 24.3 Å². The van der Waals surface area contributed by atoms with Crippen molar-refractivity contribution >= 4 is 56.3 Å². The Bertz CT molecular complexity index is 963. The molecule has 0 bridgehead atoms. The van der Waals surface area contributed by atoms with Crippen molar-refractivity contribution in [1.29, 1.82) is 0 Å². The SMILES string of the molecule is Nc1sc(Cl)c2c(C(=O)O)nn(-c3ccc(Cl)cc3)c(=O)c12. The largest absolute Gasteiger partial charge is 0.476 e. The number of halogens is 2. The Hall–Kier alpha value is -2.09. The number of nitrogens with two attached hydrogens (primary N) is 1. The van der Waals surface area contributed by atoms with Crippen LogP contribution in [0.25, 0.3) is 16.5 Å². The van der Waals surface area contributed by atoms with Gasteiger partial charge in [0.15, 0.2) is 5.69 Å². The topological polar surface area (TPSA) is 98.2 Å². The maximum absolute atomic E-state index is 12.6. The molecule has 2 aromatic heterocycles. The fourth-order valence-electron chi connectivity index (χ4n) is 2.05. The van der Waals surface area contributed by atoms with E-state index in [4.69, 9.17) is 28.9 Å². The zero-order valence-corrected chi connectivity index (χ0v) is 13.0. The van der Waals surface area contributed by atoms with Gasteiger partial charge in [-0.15, -0.1) is 11.3 Å². The van der Waals surface area contributed by atoms with Crippen LogP contribution in [0.15, 0.2) is 29.1 Å². The lowest BCUT2D eigenvalue weighted by Crippen LogP contribution is -2.24. The van der Waals surface area contributed by atoms with Crippen LogP contribution in [-0.2, 0) is 0 Å². The van der Waals surface area contributed by atoms with E-state index in [0.29, 0.717) is 10.7 Å². The average Bonchev–Trinajstić information content (AvgIpc) is 2.76. The van der Waals surface area contributed by atoms with Crippen molar-refractivity contribution < 1.29 is 9.90 Å². The van der Waals surface area contributed by atoms with Crippen LogP contribution in [0.4, 0.5) is 5.00 Å². The first-order valence-corrected chi connectivity index (χ1v) is 7.47. The van der Waals surface area contributed by atoms with Crippen molar-refractivity contribution in [3.05, 3.63) is 49.7 Å². The van der Waals surface area contributed by atoms with E-state index in [1.807, 2.05) is 0 Å². The van der Waals surface area contributed by atoms with Gasteiger partial charge in [0.05, 0.1) is 16.5 Å². The molecule has 0 fully saturated rings. The van der Waals surface area contributed by atoms with Gasteiger partial charge in [0.1, 0.15) is 9.34 Å². The Morgan fingerprint density at radius 1 is 1.23 bits per heavy atom. The van der Waals surface area contributed by atoms with Gasteiger partial charge in [-0.3, -0.25) is 4.79 Å². The molecule has 22 heavy (non-hydrogen) atoms. The Labute approximate surface area is 137 Å². The van der Waals surface area contributed by atoms with Gasteiger partial charge in [0.2, 0.25) is 0 Å². The predicted molar refractivity (Wildman–Crippen MR) is 86.6 cm³/mol. The minimum absolute atomic E-state index is 0.0531. The molecular formula is C13H7Cl2N3O3S. The van der Waals surface area contributed by atoms with Gasteiger partial charge in [-0.2, -0.15) is 9.78 Å². The maximum Gasteiger partial charge on any atom is 0.357 e. The third-order valence-corrected chi connectivity index (χ3v) is 4.49. The van der Waals surface area contributed by atoms with Crippen LogP contribution in [0.1, 0.15) is 10.5 Å². The van der Waals surface area contributed by atoms with E-state index < -0.39 is 11.5 Å². The first-order valence-electron chi connectivity index (χ1n) is 5.90. The number of rotatable bonds is 2. The monoisotopic (exact) mass is 355 g/mol. The molecule has 1 aromatic carbocycles. The minimum Gasteiger partial charge on any atom is -0.476 e. The Balaban J connectivity index is 2.44. The van der Waals surface area contributed by atoms with Crippen LogP contribution in [0.3, 0.4) is 0 Å². The van der Waals surface area contributed by atoms with E-state index in [1.165, 1.54) is 0 Å². The van der Waals surface area contributed by atoms with Gasteiger partial charge in [-0.25, -0.2) is 4.79 Å². The lowest BCUT2D eigenvalue weighted by molar-refractivity contribution is 0.0691. The highest BCUT2D eigenvalue weighted by Gasteiger charge is 2.23. The first kappa shape index (κ1) is 14.8. The first-order chi connectivity index (χ1) is 10.4. The summed E-state index contributed by atoms with van der Waals surface area (Å²) in [5, 5.41) is 14.0. The summed E-state index contributed by atoms with van der Waals surface area (Å²) in [6.45, 7) is 0. The summed E-state index contributed by atoms with van der Waals surface area (Å²) in [5.41, 5.74) is 5.30. The normalized spacial score (nSPS) is 11.0. The smallest absolute Gasteiger partial charge is 0.357 e. The number of carboxylic acid groups (broad SMARTS) is 1. The molecule has 2 heterocycles. The number of carbonyl (C=O) groups is 1. The van der Waals surface area contributed by atoms with Gasteiger partial charge in [0.25, 0.3) is 5.56 Å². The van der Waals surface area contributed by atoms with Crippen LogP contribution in [0.5, 0.6) is 0 Å². The molecule has 0 aliphatic heterocycles. The molecule has 3 rings (SSSR count). The van der Waals surface area contributed by atoms with E-state index in [9.17, 15) is 14.7 Å². The van der Waals surface area contributed by atoms with Gasteiger partial charge in [0, 0.05) is 5.02 Å². The number of thiophene rings is 1. The Morgan fingerprint density at radius 3 is 2.45 bits per heavy atom. The molecule has 0 atom stereocenters. The van der Waals surface area contributed by atoms with Crippen LogP contribution in [-0.4, -0.2) is 20.9 Å². The fraction of sp³-hybridized carbons (Fsp3) is 0. The van der Waals surface area contributed by atoms with Gasteiger partial charge in [-0.05, 0) is 24.3 Å². The van der Waals surface area contributed by atoms with Crippen molar-refractivity contribution in [2.45, 2.75) is 0 Å². The number of aromatic carboxylic acids is 1. The average molecular weight is 356 g/mol. The highest BCUT2D eigenvalue weighted by molar-refractivity contribution is 7.21. The molecule has 0 radical (unpaired) electrons. The molecule has 0 saturated carbocycles. The van der Waals surface area contributed by atoms with Crippen LogP contribution < -0.4 is 11.3 Å². The fourth-order valence-corrected chi connectivity index (χ4v) is 3.40. The third-order valence-electron chi connectivity index (χ3n) is 3.01. The Morgan fingerprint density at radius 2 is 1.86 bits per heavy atom. The van der Waals surface area contributed by atoms with Gasteiger partial charge in [-0.1, -0.05) is 23.2 Å². The van der Waals surface area contributed by atoms with Gasteiger partial charge < -0.3 is 10.8 Å². The molecule has 6 nitrogen and oxygen atoms in total. The molecule has 9 heteroatoms. The Kier molecular flexibility index (Phi) is 3.56. The molecule has 0 aliphatic carbocycles. The number of fused-ring (bicyclic) bond motifs is 1. The number of aromatic nitrogens is 2. The molecular weight excluding hydrogens is 349 g/mol. The number of nitrogen functional groups attached to an aromatic ring is 1. The van der Waals surface area contributed by atoms with E-state index in [-0.39, 0.29) is 25.8 Å². The molecule has 112 valence electrons. The molecule has 0 unspecified atom stereocenters. The molecule has 0 amide bonds. The van der Waals surface area contributed by atoms with E-state index in [2.05, 4.69) is 5.10 Å².